The summed E-state index contributed by atoms with van der Waals surface area (Å²) in [5.41, 5.74) is 3.46. The molecule has 0 bridgehead atoms. The van der Waals surface area contributed by atoms with Gasteiger partial charge in [0.25, 0.3) is 15.9 Å². The van der Waals surface area contributed by atoms with Crippen LogP contribution in [0.3, 0.4) is 0 Å². The standard InChI is InChI=1S/C25H29N3O5S/c1-18-6-5-7-21(14-18)25(29)28(30)26-34(31,32)24-13-12-23(33-4)16-22(24)15-19-8-10-20(11-9-19)17-27(2)3/h5-14,16,26,30H,15,17H2,1-4H3. The maximum absolute atomic E-state index is 13.1. The van der Waals surface area contributed by atoms with Gasteiger partial charge in [-0.1, -0.05) is 46.8 Å². The predicted octanol–water partition coefficient (Wildman–Crippen LogP) is 3.38. The van der Waals surface area contributed by atoms with E-state index in [1.165, 1.54) is 25.3 Å². The first-order chi connectivity index (χ1) is 16.1. The lowest BCUT2D eigenvalue weighted by Gasteiger charge is -2.18. The van der Waals surface area contributed by atoms with Gasteiger partial charge in [0, 0.05) is 12.1 Å². The molecule has 3 aromatic rings. The lowest BCUT2D eigenvalue weighted by molar-refractivity contribution is -0.0761. The molecule has 1 amide bonds. The molecule has 0 aromatic heterocycles. The Morgan fingerprint density at radius 2 is 1.68 bits per heavy atom. The largest absolute Gasteiger partial charge is 0.497 e. The van der Waals surface area contributed by atoms with Gasteiger partial charge in [0.2, 0.25) is 0 Å². The first kappa shape index (κ1) is 25.4. The number of aryl methyl sites for hydroxylation is 1. The van der Waals surface area contributed by atoms with Crippen molar-refractivity contribution in [3.05, 3.63) is 94.5 Å². The Bertz CT molecular complexity index is 1260. The number of amides is 1. The molecular formula is C25H29N3O5S. The van der Waals surface area contributed by atoms with Gasteiger partial charge < -0.3 is 9.64 Å². The number of nitrogens with one attached hydrogen (secondary N) is 1. The molecule has 8 nitrogen and oxygen atoms in total. The van der Waals surface area contributed by atoms with E-state index in [4.69, 9.17) is 4.74 Å². The number of hydrogen-bond donors (Lipinski definition) is 2. The number of hydrogen-bond acceptors (Lipinski definition) is 6. The van der Waals surface area contributed by atoms with Crippen molar-refractivity contribution < 1.29 is 23.2 Å². The second kappa shape index (κ2) is 10.8. The second-order valence-electron chi connectivity index (χ2n) is 8.29. The predicted molar refractivity (Wildman–Crippen MR) is 129 cm³/mol. The summed E-state index contributed by atoms with van der Waals surface area (Å²) in [7, 11) is 1.20. The van der Waals surface area contributed by atoms with Crippen molar-refractivity contribution in [2.45, 2.75) is 24.8 Å². The highest BCUT2D eigenvalue weighted by Crippen LogP contribution is 2.25. The summed E-state index contributed by atoms with van der Waals surface area (Å²) in [6.07, 6.45) is 0.312. The average molecular weight is 484 g/mol. The van der Waals surface area contributed by atoms with Gasteiger partial charge in [0.15, 0.2) is 0 Å². The molecule has 0 aliphatic carbocycles. The summed E-state index contributed by atoms with van der Waals surface area (Å²) in [5.74, 6) is -0.395. The fraction of sp³-hybridized carbons (Fsp3) is 0.240. The Hall–Kier alpha value is -3.24. The van der Waals surface area contributed by atoms with Gasteiger partial charge in [0.05, 0.1) is 12.0 Å². The molecule has 3 aromatic carbocycles. The zero-order chi connectivity index (χ0) is 24.9. The number of carbonyl (C=O) groups excluding carboxylic acids is 1. The van der Waals surface area contributed by atoms with E-state index in [9.17, 15) is 18.4 Å². The summed E-state index contributed by atoms with van der Waals surface area (Å²) in [6, 6.07) is 18.9. The van der Waals surface area contributed by atoms with Gasteiger partial charge >= 0.3 is 0 Å². The average Bonchev–Trinajstić information content (AvgIpc) is 2.79. The summed E-state index contributed by atoms with van der Waals surface area (Å²) in [5, 5.41) is 10.2. The minimum Gasteiger partial charge on any atom is -0.497 e. The van der Waals surface area contributed by atoms with E-state index >= 15 is 0 Å². The van der Waals surface area contributed by atoms with Crippen LogP contribution in [0.5, 0.6) is 5.75 Å². The fourth-order valence-corrected chi connectivity index (χ4v) is 4.67. The smallest absolute Gasteiger partial charge is 0.293 e. The van der Waals surface area contributed by atoms with Crippen LogP contribution in [0.2, 0.25) is 0 Å². The molecule has 3 rings (SSSR count). The van der Waals surface area contributed by atoms with Gasteiger partial charge in [-0.15, -0.1) is 5.17 Å². The number of rotatable bonds is 9. The van der Waals surface area contributed by atoms with Crippen molar-refractivity contribution in [3.8, 4) is 5.75 Å². The molecule has 0 unspecified atom stereocenters. The number of hydrazine groups is 1. The van der Waals surface area contributed by atoms with Crippen molar-refractivity contribution in [1.29, 1.82) is 0 Å². The number of carbonyl (C=O) groups is 1. The van der Waals surface area contributed by atoms with E-state index < -0.39 is 15.9 Å². The number of benzene rings is 3. The molecule has 0 aliphatic rings. The molecule has 0 aliphatic heterocycles. The third-order valence-corrected chi connectivity index (χ3v) is 6.53. The molecule has 34 heavy (non-hydrogen) atoms. The molecule has 0 spiro atoms. The number of nitrogens with zero attached hydrogens (tertiary/aromatic N) is 2. The van der Waals surface area contributed by atoms with Crippen molar-refractivity contribution in [2.24, 2.45) is 0 Å². The summed E-state index contributed by atoms with van der Waals surface area (Å²) < 4.78 is 31.5. The first-order valence-corrected chi connectivity index (χ1v) is 12.1. The van der Waals surface area contributed by atoms with E-state index in [1.807, 2.05) is 43.2 Å². The van der Waals surface area contributed by atoms with E-state index in [-0.39, 0.29) is 15.6 Å². The van der Waals surface area contributed by atoms with Gasteiger partial charge in [-0.05, 0) is 74.5 Å². The maximum Gasteiger partial charge on any atom is 0.293 e. The molecule has 0 radical (unpaired) electrons. The second-order valence-corrected chi connectivity index (χ2v) is 9.92. The topological polar surface area (TPSA) is 99.2 Å². The lowest BCUT2D eigenvalue weighted by Crippen LogP contribution is -2.44. The van der Waals surface area contributed by atoms with E-state index in [2.05, 4.69) is 4.90 Å². The Kier molecular flexibility index (Phi) is 8.06. The van der Waals surface area contributed by atoms with Crippen molar-refractivity contribution in [1.82, 2.24) is 14.9 Å². The maximum atomic E-state index is 13.1. The van der Waals surface area contributed by atoms with Crippen LogP contribution in [0.25, 0.3) is 0 Å². The number of methoxy groups -OCH3 is 1. The number of ether oxygens (including phenoxy) is 1. The van der Waals surface area contributed by atoms with E-state index in [1.54, 1.807) is 31.2 Å². The zero-order valence-corrected chi connectivity index (χ0v) is 20.5. The molecule has 0 heterocycles. The Morgan fingerprint density at radius 3 is 2.29 bits per heavy atom. The van der Waals surface area contributed by atoms with Crippen LogP contribution in [0.1, 0.15) is 32.6 Å². The van der Waals surface area contributed by atoms with Gasteiger partial charge in [-0.2, -0.15) is 0 Å². The Labute approximate surface area is 200 Å². The van der Waals surface area contributed by atoms with Crippen LogP contribution in [0, 0.1) is 6.92 Å². The van der Waals surface area contributed by atoms with E-state index in [0.717, 1.165) is 23.2 Å². The molecule has 0 saturated carbocycles. The Morgan fingerprint density at radius 1 is 1.00 bits per heavy atom. The Balaban J connectivity index is 1.87. The van der Waals surface area contributed by atoms with Crippen molar-refractivity contribution >= 4 is 15.9 Å². The molecule has 180 valence electrons. The molecule has 0 saturated heterocycles. The monoisotopic (exact) mass is 483 g/mol. The minimum absolute atomic E-state index is 0.00579. The minimum atomic E-state index is -4.28. The third-order valence-electron chi connectivity index (χ3n) is 5.14. The first-order valence-electron chi connectivity index (χ1n) is 10.6. The third kappa shape index (κ3) is 6.42. The normalized spacial score (nSPS) is 11.5. The lowest BCUT2D eigenvalue weighted by atomic mass is 10.0. The number of hydroxylamine groups is 1. The zero-order valence-electron chi connectivity index (χ0n) is 19.6. The quantitative estimate of drug-likeness (QED) is 0.358. The van der Waals surface area contributed by atoms with Crippen LogP contribution >= 0.6 is 0 Å². The van der Waals surface area contributed by atoms with Gasteiger partial charge in [-0.25, -0.2) is 8.42 Å². The van der Waals surface area contributed by atoms with Gasteiger partial charge in [-0.3, -0.25) is 10.0 Å². The fourth-order valence-electron chi connectivity index (χ4n) is 3.54. The molecule has 2 N–H and O–H groups in total. The van der Waals surface area contributed by atoms with Crippen molar-refractivity contribution in [2.75, 3.05) is 21.2 Å². The van der Waals surface area contributed by atoms with Crippen LogP contribution < -0.4 is 9.57 Å². The SMILES string of the molecule is COc1ccc(S(=O)(=O)NN(O)C(=O)c2cccc(C)c2)c(Cc2ccc(CN(C)C)cc2)c1. The summed E-state index contributed by atoms with van der Waals surface area (Å²) >= 11 is 0. The van der Waals surface area contributed by atoms with Crippen LogP contribution in [-0.4, -0.2) is 50.8 Å². The highest BCUT2D eigenvalue weighted by molar-refractivity contribution is 7.89. The van der Waals surface area contributed by atoms with Crippen molar-refractivity contribution in [3.63, 3.8) is 0 Å². The highest BCUT2D eigenvalue weighted by atomic mass is 32.2. The van der Waals surface area contributed by atoms with Crippen LogP contribution in [-0.2, 0) is 23.0 Å². The van der Waals surface area contributed by atoms with Gasteiger partial charge in [0.1, 0.15) is 5.75 Å². The summed E-state index contributed by atoms with van der Waals surface area (Å²) in [6.45, 7) is 2.59. The molecule has 9 heteroatoms. The number of sulfonamides is 1. The molecule has 0 atom stereocenters. The molecule has 0 fully saturated rings. The van der Waals surface area contributed by atoms with E-state index in [0.29, 0.717) is 17.7 Å². The van der Waals surface area contributed by atoms with Crippen LogP contribution in [0.4, 0.5) is 0 Å². The highest BCUT2D eigenvalue weighted by Gasteiger charge is 2.25. The molecular weight excluding hydrogens is 454 g/mol. The van der Waals surface area contributed by atoms with Crippen LogP contribution in [0.15, 0.2) is 71.6 Å². The summed E-state index contributed by atoms with van der Waals surface area (Å²) in [4.78, 5) is 16.5.